The van der Waals surface area contributed by atoms with Gasteiger partial charge in [0, 0.05) is 5.54 Å². The Balaban J connectivity index is 2.16. The van der Waals surface area contributed by atoms with E-state index in [4.69, 9.17) is 0 Å². The molecule has 22 heavy (non-hydrogen) atoms. The van der Waals surface area contributed by atoms with Gasteiger partial charge in [-0.1, -0.05) is 12.1 Å². The fraction of sp³-hybridized carbons (Fsp3) is 0.250. The molecule has 0 radical (unpaired) electrons. The Morgan fingerprint density at radius 1 is 0.909 bits per heavy atom. The quantitative estimate of drug-likeness (QED) is 0.917. The summed E-state index contributed by atoms with van der Waals surface area (Å²) in [6, 6.07) is 10.5. The summed E-state index contributed by atoms with van der Waals surface area (Å²) in [5.74, 6) is -0.835. The van der Waals surface area contributed by atoms with E-state index in [0.717, 1.165) is 17.7 Å². The lowest BCUT2D eigenvalue weighted by Gasteiger charge is -2.26. The SMILES string of the molecule is CC(C)(Cc1ccc(F)cc1)NS(=O)(=O)c1ccc(F)cc1. The number of hydrogen-bond acceptors (Lipinski definition) is 2. The lowest BCUT2D eigenvalue weighted by Crippen LogP contribution is -2.44. The van der Waals surface area contributed by atoms with Crippen LogP contribution >= 0.6 is 0 Å². The van der Waals surface area contributed by atoms with Crippen LogP contribution in [0.25, 0.3) is 0 Å². The molecule has 0 aliphatic heterocycles. The fourth-order valence-electron chi connectivity index (χ4n) is 2.19. The van der Waals surface area contributed by atoms with Crippen LogP contribution < -0.4 is 4.72 Å². The van der Waals surface area contributed by atoms with Gasteiger partial charge in [-0.3, -0.25) is 0 Å². The van der Waals surface area contributed by atoms with Crippen LogP contribution in [0.5, 0.6) is 0 Å². The average Bonchev–Trinajstić information content (AvgIpc) is 2.40. The van der Waals surface area contributed by atoms with Crippen molar-refractivity contribution in [2.45, 2.75) is 30.7 Å². The van der Waals surface area contributed by atoms with Gasteiger partial charge in [0.25, 0.3) is 0 Å². The van der Waals surface area contributed by atoms with Crippen molar-refractivity contribution in [3.05, 3.63) is 65.7 Å². The van der Waals surface area contributed by atoms with E-state index in [1.807, 2.05) is 0 Å². The van der Waals surface area contributed by atoms with Crippen molar-refractivity contribution in [2.24, 2.45) is 0 Å². The van der Waals surface area contributed by atoms with E-state index in [9.17, 15) is 17.2 Å². The van der Waals surface area contributed by atoms with Crippen molar-refractivity contribution < 1.29 is 17.2 Å². The molecule has 0 amide bonds. The zero-order valence-corrected chi connectivity index (χ0v) is 13.1. The molecule has 0 aliphatic rings. The molecule has 0 saturated carbocycles. The highest BCUT2D eigenvalue weighted by Crippen LogP contribution is 2.18. The van der Waals surface area contributed by atoms with Gasteiger partial charge in [0.05, 0.1) is 4.90 Å². The topological polar surface area (TPSA) is 46.2 Å². The molecule has 0 fully saturated rings. The second kappa shape index (κ2) is 6.14. The van der Waals surface area contributed by atoms with Crippen molar-refractivity contribution in [1.82, 2.24) is 4.72 Å². The molecule has 3 nitrogen and oxygen atoms in total. The van der Waals surface area contributed by atoms with Crippen LogP contribution in [0.2, 0.25) is 0 Å². The highest BCUT2D eigenvalue weighted by atomic mass is 32.2. The number of halogens is 2. The Kier molecular flexibility index (Phi) is 4.63. The molecule has 0 bridgehead atoms. The van der Waals surface area contributed by atoms with Crippen molar-refractivity contribution in [3.63, 3.8) is 0 Å². The maximum absolute atomic E-state index is 12.9. The number of benzene rings is 2. The molecule has 0 heterocycles. The van der Waals surface area contributed by atoms with Gasteiger partial charge in [-0.25, -0.2) is 21.9 Å². The number of rotatable bonds is 5. The van der Waals surface area contributed by atoms with Crippen LogP contribution in [0.1, 0.15) is 19.4 Å². The van der Waals surface area contributed by atoms with E-state index >= 15 is 0 Å². The normalized spacial score (nSPS) is 12.4. The minimum atomic E-state index is -3.75. The molecule has 0 unspecified atom stereocenters. The van der Waals surface area contributed by atoms with Gasteiger partial charge in [0.15, 0.2) is 0 Å². The van der Waals surface area contributed by atoms with Gasteiger partial charge >= 0.3 is 0 Å². The summed E-state index contributed by atoms with van der Waals surface area (Å²) < 4.78 is 53.0. The Morgan fingerprint density at radius 2 is 1.36 bits per heavy atom. The third-order valence-electron chi connectivity index (χ3n) is 3.09. The van der Waals surface area contributed by atoms with E-state index in [0.29, 0.717) is 6.42 Å². The molecule has 0 aromatic heterocycles. The Labute approximate surface area is 129 Å². The lowest BCUT2D eigenvalue weighted by molar-refractivity contribution is 0.450. The second-order valence-corrected chi connectivity index (χ2v) is 7.43. The standard InChI is InChI=1S/C16H17F2NO2S/c1-16(2,11-12-3-5-13(17)6-4-12)19-22(20,21)15-9-7-14(18)8-10-15/h3-10,19H,11H2,1-2H3. The molecular weight excluding hydrogens is 308 g/mol. The third-order valence-corrected chi connectivity index (χ3v) is 4.81. The zero-order valence-electron chi connectivity index (χ0n) is 12.3. The smallest absolute Gasteiger partial charge is 0.207 e. The van der Waals surface area contributed by atoms with Crippen molar-refractivity contribution in [2.75, 3.05) is 0 Å². The largest absolute Gasteiger partial charge is 0.241 e. The van der Waals surface area contributed by atoms with E-state index in [1.54, 1.807) is 26.0 Å². The minimum Gasteiger partial charge on any atom is -0.207 e. The van der Waals surface area contributed by atoms with Gasteiger partial charge in [0.2, 0.25) is 10.0 Å². The summed E-state index contributed by atoms with van der Waals surface area (Å²) in [5, 5.41) is 0. The number of sulfonamides is 1. The number of nitrogens with one attached hydrogen (secondary N) is 1. The zero-order chi connectivity index (χ0) is 16.4. The first-order chi connectivity index (χ1) is 10.2. The predicted octanol–water partition coefficient (Wildman–Crippen LogP) is 3.26. The first-order valence-corrected chi connectivity index (χ1v) is 8.20. The van der Waals surface area contributed by atoms with Crippen molar-refractivity contribution in [1.29, 1.82) is 0 Å². The van der Waals surface area contributed by atoms with E-state index in [-0.39, 0.29) is 10.7 Å². The van der Waals surface area contributed by atoms with E-state index in [2.05, 4.69) is 4.72 Å². The summed E-state index contributed by atoms with van der Waals surface area (Å²) in [6.45, 7) is 3.47. The summed E-state index contributed by atoms with van der Waals surface area (Å²) in [4.78, 5) is 0.00100. The van der Waals surface area contributed by atoms with Crippen LogP contribution in [-0.4, -0.2) is 14.0 Å². The van der Waals surface area contributed by atoms with Crippen LogP contribution in [0.4, 0.5) is 8.78 Å². The summed E-state index contributed by atoms with van der Waals surface area (Å²) in [6.07, 6.45) is 0.397. The van der Waals surface area contributed by atoms with E-state index in [1.165, 1.54) is 24.3 Å². The minimum absolute atomic E-state index is 0.00100. The molecular formula is C16H17F2NO2S. The summed E-state index contributed by atoms with van der Waals surface area (Å²) in [7, 11) is -3.75. The first-order valence-electron chi connectivity index (χ1n) is 6.72. The monoisotopic (exact) mass is 325 g/mol. The van der Waals surface area contributed by atoms with E-state index < -0.39 is 21.4 Å². The molecule has 1 N–H and O–H groups in total. The van der Waals surface area contributed by atoms with Gasteiger partial charge < -0.3 is 0 Å². The second-order valence-electron chi connectivity index (χ2n) is 5.75. The molecule has 2 aromatic carbocycles. The summed E-state index contributed by atoms with van der Waals surface area (Å²) in [5.41, 5.74) is 0.0404. The average molecular weight is 325 g/mol. The van der Waals surface area contributed by atoms with Crippen molar-refractivity contribution in [3.8, 4) is 0 Å². The third kappa shape index (κ3) is 4.35. The van der Waals surface area contributed by atoms with Crippen LogP contribution in [-0.2, 0) is 16.4 Å². The molecule has 118 valence electrons. The van der Waals surface area contributed by atoms with Crippen LogP contribution in [0.3, 0.4) is 0 Å². The fourth-order valence-corrected chi connectivity index (χ4v) is 3.60. The molecule has 0 atom stereocenters. The maximum atomic E-state index is 12.9. The molecule has 2 rings (SSSR count). The highest BCUT2D eigenvalue weighted by molar-refractivity contribution is 7.89. The molecule has 0 spiro atoms. The van der Waals surface area contributed by atoms with Crippen LogP contribution in [0.15, 0.2) is 53.4 Å². The Bertz CT molecular complexity index is 739. The van der Waals surface area contributed by atoms with Crippen LogP contribution in [0, 0.1) is 11.6 Å². The number of hydrogen-bond donors (Lipinski definition) is 1. The van der Waals surface area contributed by atoms with Gasteiger partial charge in [-0.15, -0.1) is 0 Å². The lowest BCUT2D eigenvalue weighted by atomic mass is 9.96. The van der Waals surface area contributed by atoms with Gasteiger partial charge in [0.1, 0.15) is 11.6 Å². The summed E-state index contributed by atoms with van der Waals surface area (Å²) >= 11 is 0. The molecule has 2 aromatic rings. The van der Waals surface area contributed by atoms with Gasteiger partial charge in [-0.05, 0) is 62.2 Å². The first kappa shape index (κ1) is 16.6. The van der Waals surface area contributed by atoms with Gasteiger partial charge in [-0.2, -0.15) is 0 Å². The molecule has 0 saturated heterocycles. The van der Waals surface area contributed by atoms with Crippen molar-refractivity contribution >= 4 is 10.0 Å². The highest BCUT2D eigenvalue weighted by Gasteiger charge is 2.26. The Morgan fingerprint density at radius 3 is 1.86 bits per heavy atom. The predicted molar refractivity (Wildman–Crippen MR) is 80.9 cm³/mol. The molecule has 0 aliphatic carbocycles. The maximum Gasteiger partial charge on any atom is 0.241 e. The Hall–Kier alpha value is -1.79. The molecule has 6 heteroatoms.